The molecule has 0 saturated carbocycles. The smallest absolute Gasteiger partial charge is 0.282 e. The van der Waals surface area contributed by atoms with Crippen molar-refractivity contribution in [1.82, 2.24) is 0 Å². The molecule has 0 radical (unpaired) electrons. The molecule has 19 heavy (non-hydrogen) atoms. The molecule has 0 saturated heterocycles. The summed E-state index contributed by atoms with van der Waals surface area (Å²) in [4.78, 5) is 9.91. The fourth-order valence-electron chi connectivity index (χ4n) is 0.851. The zero-order valence-electron chi connectivity index (χ0n) is 7.94. The second kappa shape index (κ2) is 4.16. The van der Waals surface area contributed by atoms with Crippen molar-refractivity contribution >= 4 is 5.78 Å². The number of carbonyl (C=O) groups is 1. The number of hydrogen-bond acceptors (Lipinski definition) is 1. The average Bonchev–Trinajstić information content (AvgIpc) is 2.09. The maximum atomic E-state index is 12.6. The molecule has 0 fully saturated rings. The number of rotatable bonds is 2. The van der Waals surface area contributed by atoms with Crippen LogP contribution in [0, 0.1) is 0 Å². The highest BCUT2D eigenvalue weighted by molar-refractivity contribution is 5.92. The van der Waals surface area contributed by atoms with Crippen molar-refractivity contribution in [2.24, 2.45) is 0 Å². The van der Waals surface area contributed by atoms with E-state index in [2.05, 4.69) is 0 Å². The molecule has 0 heterocycles. The van der Waals surface area contributed by atoms with Crippen molar-refractivity contribution in [3.05, 3.63) is 0 Å². The van der Waals surface area contributed by atoms with E-state index in [0.717, 1.165) is 0 Å². The van der Waals surface area contributed by atoms with E-state index < -0.39 is 35.9 Å². The quantitative estimate of drug-likeness (QED) is 0.712. The van der Waals surface area contributed by atoms with Crippen LogP contribution in [0.4, 0.5) is 52.7 Å². The lowest BCUT2D eigenvalue weighted by Crippen LogP contribution is -2.68. The molecule has 0 rings (SSSR count). The van der Waals surface area contributed by atoms with Crippen LogP contribution in [0.15, 0.2) is 0 Å². The first kappa shape index (κ1) is 17.8. The summed E-state index contributed by atoms with van der Waals surface area (Å²) in [5.41, 5.74) is -7.65. The van der Waals surface area contributed by atoms with E-state index in [4.69, 9.17) is 0 Å². The van der Waals surface area contributed by atoms with E-state index >= 15 is 0 Å². The summed E-state index contributed by atoms with van der Waals surface area (Å²) in [6.45, 7) is 0. The predicted octanol–water partition coefficient (Wildman–Crippen LogP) is 3.59. The Morgan fingerprint density at radius 1 is 0.579 bits per heavy atom. The van der Waals surface area contributed by atoms with Gasteiger partial charge in [-0.25, -0.2) is 4.39 Å². The van der Waals surface area contributed by atoms with Crippen molar-refractivity contribution in [3.63, 3.8) is 0 Å². The van der Waals surface area contributed by atoms with Crippen LogP contribution >= 0.6 is 0 Å². The summed E-state index contributed by atoms with van der Waals surface area (Å²) >= 11 is 0. The molecule has 0 unspecified atom stereocenters. The Morgan fingerprint density at radius 3 is 1.00 bits per heavy atom. The zero-order chi connectivity index (χ0) is 16.1. The Kier molecular flexibility index (Phi) is 3.91. The highest BCUT2D eigenvalue weighted by atomic mass is 19.4. The first-order valence-electron chi connectivity index (χ1n) is 3.72. The lowest BCUT2D eigenvalue weighted by Gasteiger charge is -2.35. The summed E-state index contributed by atoms with van der Waals surface area (Å²) in [6, 6.07) is 0. The SMILES string of the molecule is O=C(C(F)(F)F)C(F)(F)C(F)(C(F)(F)F)C(F)(F)F. The number of carbonyl (C=O) groups excluding carboxylic acids is 1. The molecule has 13 heteroatoms. The predicted molar refractivity (Wildman–Crippen MR) is 32.0 cm³/mol. The molecule has 0 N–H and O–H groups in total. The van der Waals surface area contributed by atoms with Crippen LogP contribution in [0.2, 0.25) is 0 Å². The monoisotopic (exact) mass is 316 g/mol. The highest BCUT2D eigenvalue weighted by Crippen LogP contribution is 2.56. The van der Waals surface area contributed by atoms with E-state index in [9.17, 15) is 57.5 Å². The molecular formula is C6F12O. The molecule has 0 aliphatic rings. The van der Waals surface area contributed by atoms with Crippen molar-refractivity contribution < 1.29 is 57.5 Å². The van der Waals surface area contributed by atoms with Crippen LogP contribution in [0.5, 0.6) is 0 Å². The van der Waals surface area contributed by atoms with Gasteiger partial charge in [-0.1, -0.05) is 0 Å². The van der Waals surface area contributed by atoms with Gasteiger partial charge in [-0.05, 0) is 0 Å². The first-order valence-corrected chi connectivity index (χ1v) is 3.72. The molecular weight excluding hydrogens is 316 g/mol. The van der Waals surface area contributed by atoms with Gasteiger partial charge in [-0.2, -0.15) is 48.3 Å². The van der Waals surface area contributed by atoms with Crippen LogP contribution < -0.4 is 0 Å². The van der Waals surface area contributed by atoms with Crippen LogP contribution in [-0.2, 0) is 4.79 Å². The Labute approximate surface area is 94.7 Å². The first-order chi connectivity index (χ1) is 7.90. The largest absolute Gasteiger partial charge is 0.456 e. The van der Waals surface area contributed by atoms with Crippen molar-refractivity contribution in [2.45, 2.75) is 30.1 Å². The van der Waals surface area contributed by atoms with Crippen LogP contribution in [0.25, 0.3) is 0 Å². The Bertz CT molecular complexity index is 342. The summed E-state index contributed by atoms with van der Waals surface area (Å²) < 4.78 is 143. The van der Waals surface area contributed by atoms with Gasteiger partial charge in [0.25, 0.3) is 0 Å². The molecule has 114 valence electrons. The Morgan fingerprint density at radius 2 is 0.842 bits per heavy atom. The number of ketones is 1. The molecule has 0 aliphatic carbocycles. The van der Waals surface area contributed by atoms with Gasteiger partial charge in [0.1, 0.15) is 0 Å². The van der Waals surface area contributed by atoms with Gasteiger partial charge in [0.05, 0.1) is 0 Å². The minimum atomic E-state index is -7.65. The van der Waals surface area contributed by atoms with Gasteiger partial charge in [-0.15, -0.1) is 0 Å². The molecule has 0 aromatic rings. The van der Waals surface area contributed by atoms with Crippen LogP contribution in [-0.4, -0.2) is 35.9 Å². The number of alkyl halides is 12. The fraction of sp³-hybridized carbons (Fsp3) is 0.833. The fourth-order valence-corrected chi connectivity index (χ4v) is 0.851. The van der Waals surface area contributed by atoms with E-state index in [-0.39, 0.29) is 0 Å². The van der Waals surface area contributed by atoms with Gasteiger partial charge >= 0.3 is 35.9 Å². The molecule has 0 aliphatic heterocycles. The summed E-state index contributed by atoms with van der Waals surface area (Å²) in [5, 5.41) is 0. The Hall–Kier alpha value is -1.17. The number of hydrogen-bond donors (Lipinski definition) is 0. The second-order valence-corrected chi connectivity index (χ2v) is 3.06. The van der Waals surface area contributed by atoms with E-state index in [1.54, 1.807) is 0 Å². The third-order valence-corrected chi connectivity index (χ3v) is 1.76. The van der Waals surface area contributed by atoms with E-state index in [1.807, 2.05) is 0 Å². The maximum Gasteiger partial charge on any atom is 0.456 e. The third kappa shape index (κ3) is 2.59. The molecule has 0 spiro atoms. The van der Waals surface area contributed by atoms with Gasteiger partial charge in [-0.3, -0.25) is 4.79 Å². The standard InChI is InChI=1S/C6F12O/c7-2(8,1(19)3(9,10)11)4(12,5(13,14)15)6(16,17)18. The topological polar surface area (TPSA) is 17.1 Å². The van der Waals surface area contributed by atoms with Crippen molar-refractivity contribution in [2.75, 3.05) is 0 Å². The van der Waals surface area contributed by atoms with Gasteiger partial charge in [0.2, 0.25) is 0 Å². The highest BCUT2D eigenvalue weighted by Gasteiger charge is 2.88. The lowest BCUT2D eigenvalue weighted by molar-refractivity contribution is -0.390. The molecule has 1 nitrogen and oxygen atoms in total. The van der Waals surface area contributed by atoms with Crippen LogP contribution in [0.1, 0.15) is 0 Å². The molecule has 0 amide bonds. The molecule has 0 aromatic carbocycles. The van der Waals surface area contributed by atoms with Gasteiger partial charge in [0, 0.05) is 0 Å². The lowest BCUT2D eigenvalue weighted by atomic mass is 9.92. The summed E-state index contributed by atoms with van der Waals surface area (Å²) in [5.74, 6) is -12.2. The molecule has 0 atom stereocenters. The third-order valence-electron chi connectivity index (χ3n) is 1.76. The van der Waals surface area contributed by atoms with Gasteiger partial charge < -0.3 is 0 Å². The minimum Gasteiger partial charge on any atom is -0.282 e. The summed E-state index contributed by atoms with van der Waals surface area (Å²) in [7, 11) is 0. The van der Waals surface area contributed by atoms with Crippen molar-refractivity contribution in [1.29, 1.82) is 0 Å². The second-order valence-electron chi connectivity index (χ2n) is 3.06. The zero-order valence-corrected chi connectivity index (χ0v) is 7.94. The number of halogens is 12. The summed E-state index contributed by atoms with van der Waals surface area (Å²) in [6.07, 6.45) is -21.8. The van der Waals surface area contributed by atoms with Gasteiger partial charge in [0.15, 0.2) is 0 Å². The Balaban J connectivity index is 6.15. The van der Waals surface area contributed by atoms with E-state index in [0.29, 0.717) is 0 Å². The normalized spacial score (nSPS) is 15.6. The molecule has 0 aromatic heterocycles. The minimum absolute atomic E-state index is 4.79. The van der Waals surface area contributed by atoms with Crippen molar-refractivity contribution in [3.8, 4) is 0 Å². The molecule has 0 bridgehead atoms. The van der Waals surface area contributed by atoms with Crippen LogP contribution in [0.3, 0.4) is 0 Å². The van der Waals surface area contributed by atoms with E-state index in [1.165, 1.54) is 0 Å². The number of Topliss-reactive ketones (excluding diaryl/α,β-unsaturated/α-hetero) is 1. The maximum absolute atomic E-state index is 12.6. The average molecular weight is 316 g/mol.